The van der Waals surface area contributed by atoms with Crippen molar-refractivity contribution >= 4 is 29.3 Å². The highest BCUT2D eigenvalue weighted by atomic mass is 32.2. The second-order valence-corrected chi connectivity index (χ2v) is 12.3. The minimum Gasteiger partial charge on any atom is -0.512 e. The number of aliphatic hydroxyl groups is 1. The molecule has 0 radical (unpaired) electrons. The van der Waals surface area contributed by atoms with Crippen molar-refractivity contribution < 1.29 is 24.4 Å². The van der Waals surface area contributed by atoms with Crippen molar-refractivity contribution in [2.75, 3.05) is 18.9 Å². The van der Waals surface area contributed by atoms with E-state index in [0.29, 0.717) is 17.7 Å². The first kappa shape index (κ1) is 28.4. The van der Waals surface area contributed by atoms with Crippen molar-refractivity contribution in [1.82, 2.24) is 5.32 Å². The Labute approximate surface area is 243 Å². The van der Waals surface area contributed by atoms with Crippen LogP contribution in [0.1, 0.15) is 54.5 Å². The summed E-state index contributed by atoms with van der Waals surface area (Å²) in [6.45, 7) is 4.22. The number of nitro benzene ring substituents is 1. The Morgan fingerprint density at radius 2 is 1.66 bits per heavy atom. The summed E-state index contributed by atoms with van der Waals surface area (Å²) < 4.78 is 5.60. The van der Waals surface area contributed by atoms with E-state index in [1.165, 1.54) is 17.8 Å². The number of hydrogen-bond acceptors (Lipinski definition) is 7. The number of hydrogen-bond donors (Lipinski definition) is 2. The van der Waals surface area contributed by atoms with Gasteiger partial charge in [0.25, 0.3) is 5.69 Å². The molecule has 0 bridgehead atoms. The van der Waals surface area contributed by atoms with Gasteiger partial charge in [0.2, 0.25) is 0 Å². The second-order valence-electron chi connectivity index (χ2n) is 11.1. The van der Waals surface area contributed by atoms with Crippen LogP contribution < -0.4 is 5.32 Å². The number of Topliss-reactive ketones (excluding diaryl/α,β-unsaturated/α-hetero) is 1. The molecule has 3 aromatic rings. The number of aliphatic hydroxyl groups excluding tert-OH is 1. The molecule has 8 nitrogen and oxygen atoms in total. The lowest BCUT2D eigenvalue weighted by atomic mass is 9.75. The van der Waals surface area contributed by atoms with E-state index in [1.807, 2.05) is 38.1 Å². The van der Waals surface area contributed by atoms with E-state index in [4.69, 9.17) is 4.74 Å². The summed E-state index contributed by atoms with van der Waals surface area (Å²) in [5.41, 5.74) is 4.57. The number of nitro groups is 1. The van der Waals surface area contributed by atoms with E-state index >= 15 is 0 Å². The van der Waals surface area contributed by atoms with Crippen molar-refractivity contribution in [2.45, 2.75) is 37.9 Å². The summed E-state index contributed by atoms with van der Waals surface area (Å²) in [7, 11) is 0. The number of fused-ring (bicyclic) bond motifs is 3. The molecule has 1 amide bonds. The van der Waals surface area contributed by atoms with E-state index in [0.717, 1.165) is 22.3 Å². The van der Waals surface area contributed by atoms with Gasteiger partial charge >= 0.3 is 6.09 Å². The molecule has 0 aromatic heterocycles. The minimum atomic E-state index is -0.746. The van der Waals surface area contributed by atoms with Crippen LogP contribution in [0, 0.1) is 15.5 Å². The third kappa shape index (κ3) is 6.00. The van der Waals surface area contributed by atoms with Crippen LogP contribution in [0.3, 0.4) is 0 Å². The van der Waals surface area contributed by atoms with Gasteiger partial charge in [0.05, 0.1) is 15.7 Å². The third-order valence-corrected chi connectivity index (χ3v) is 8.84. The number of rotatable bonds is 9. The van der Waals surface area contributed by atoms with Crippen molar-refractivity contribution in [3.05, 3.63) is 111 Å². The van der Waals surface area contributed by atoms with E-state index in [-0.39, 0.29) is 48.3 Å². The summed E-state index contributed by atoms with van der Waals surface area (Å²) in [4.78, 5) is 37.1. The summed E-state index contributed by atoms with van der Waals surface area (Å²) in [6, 6.07) is 22.5. The minimum absolute atomic E-state index is 0.0357. The van der Waals surface area contributed by atoms with E-state index in [9.17, 15) is 24.8 Å². The van der Waals surface area contributed by atoms with Gasteiger partial charge in [-0.2, -0.15) is 0 Å². The third-order valence-electron chi connectivity index (χ3n) is 7.57. The molecule has 0 aliphatic heterocycles. The number of amides is 1. The van der Waals surface area contributed by atoms with Crippen LogP contribution in [0.4, 0.5) is 10.5 Å². The molecule has 9 heteroatoms. The van der Waals surface area contributed by atoms with Crippen LogP contribution in [0.15, 0.2) is 84.1 Å². The first-order valence-corrected chi connectivity index (χ1v) is 14.6. The number of benzene rings is 3. The van der Waals surface area contributed by atoms with Crippen LogP contribution in [0.5, 0.6) is 0 Å². The van der Waals surface area contributed by atoms with Gasteiger partial charge in [-0.05, 0) is 27.7 Å². The Morgan fingerprint density at radius 1 is 1.05 bits per heavy atom. The van der Waals surface area contributed by atoms with Gasteiger partial charge < -0.3 is 15.2 Å². The molecule has 2 aliphatic rings. The summed E-state index contributed by atoms with van der Waals surface area (Å²) in [6.07, 6.45) is -0.0153. The van der Waals surface area contributed by atoms with Crippen molar-refractivity contribution in [3.8, 4) is 11.1 Å². The van der Waals surface area contributed by atoms with Gasteiger partial charge in [-0.3, -0.25) is 14.9 Å². The predicted molar refractivity (Wildman–Crippen MR) is 159 cm³/mol. The smallest absolute Gasteiger partial charge is 0.407 e. The van der Waals surface area contributed by atoms with Crippen LogP contribution in [-0.4, -0.2) is 40.8 Å². The Hall–Kier alpha value is -4.11. The average Bonchev–Trinajstić information content (AvgIpc) is 3.25. The molecule has 0 spiro atoms. The zero-order valence-corrected chi connectivity index (χ0v) is 23.8. The number of carbonyl (C=O) groups excluding carboxylic acids is 2. The molecular formula is C32H32N2O6S. The molecule has 212 valence electrons. The lowest BCUT2D eigenvalue weighted by Crippen LogP contribution is -2.29. The number of nitrogens with one attached hydrogen (secondary N) is 1. The first-order chi connectivity index (χ1) is 19.7. The number of thioether (sulfide) groups is 1. The molecule has 2 N–H and O–H groups in total. The predicted octanol–water partition coefficient (Wildman–Crippen LogP) is 7.11. The van der Waals surface area contributed by atoms with Crippen LogP contribution >= 0.6 is 11.8 Å². The van der Waals surface area contributed by atoms with Crippen molar-refractivity contribution in [2.24, 2.45) is 5.41 Å². The van der Waals surface area contributed by atoms with E-state index < -0.39 is 21.7 Å². The summed E-state index contributed by atoms with van der Waals surface area (Å²) in [5.74, 6) is 0.0289. The molecular weight excluding hydrogens is 540 g/mol. The number of carbonyl (C=O) groups is 2. The molecule has 0 saturated heterocycles. The maximum Gasteiger partial charge on any atom is 0.407 e. The fourth-order valence-corrected chi connectivity index (χ4v) is 7.05. The Morgan fingerprint density at radius 3 is 2.29 bits per heavy atom. The Kier molecular flexibility index (Phi) is 8.17. The second kappa shape index (κ2) is 11.8. The maximum atomic E-state index is 13.2. The van der Waals surface area contributed by atoms with Crippen molar-refractivity contribution in [3.63, 3.8) is 0 Å². The molecule has 0 fully saturated rings. The monoisotopic (exact) mass is 572 g/mol. The molecule has 0 saturated carbocycles. The Balaban J connectivity index is 1.24. The van der Waals surface area contributed by atoms with E-state index in [2.05, 4.69) is 29.6 Å². The number of alkyl carbamates (subject to hydrolysis) is 1. The molecule has 0 heterocycles. The molecule has 1 unspecified atom stereocenters. The number of ketones is 1. The molecule has 41 heavy (non-hydrogen) atoms. The van der Waals surface area contributed by atoms with Crippen LogP contribution in [0.25, 0.3) is 11.1 Å². The largest absolute Gasteiger partial charge is 0.512 e. The molecule has 5 rings (SSSR count). The fraction of sp³-hybridized carbons (Fsp3) is 0.312. The number of nitrogens with zero attached hydrogens (tertiary/aromatic N) is 1. The summed E-state index contributed by atoms with van der Waals surface area (Å²) >= 11 is 1.27. The molecule has 1 atom stereocenters. The average molecular weight is 573 g/mol. The van der Waals surface area contributed by atoms with Gasteiger partial charge in [-0.15, -0.1) is 11.8 Å². The highest BCUT2D eigenvalue weighted by Gasteiger charge is 2.39. The van der Waals surface area contributed by atoms with Gasteiger partial charge in [0.15, 0.2) is 5.78 Å². The highest BCUT2D eigenvalue weighted by molar-refractivity contribution is 7.99. The number of ether oxygens (including phenoxy) is 1. The van der Waals surface area contributed by atoms with Gasteiger partial charge in [-0.1, -0.05) is 80.6 Å². The van der Waals surface area contributed by atoms with E-state index in [1.54, 1.807) is 18.2 Å². The Bertz CT molecular complexity index is 1490. The number of allylic oxidation sites excluding steroid dienone is 1. The zero-order chi connectivity index (χ0) is 29.1. The fourth-order valence-electron chi connectivity index (χ4n) is 5.78. The van der Waals surface area contributed by atoms with Crippen molar-refractivity contribution in [1.29, 1.82) is 0 Å². The quantitative estimate of drug-likeness (QED) is 0.159. The number of para-hydroxylation sites is 1. The molecule has 3 aromatic carbocycles. The lowest BCUT2D eigenvalue weighted by Gasteiger charge is -2.32. The lowest BCUT2D eigenvalue weighted by molar-refractivity contribution is -0.385. The molecule has 2 aliphatic carbocycles. The van der Waals surface area contributed by atoms with Gasteiger partial charge in [0.1, 0.15) is 12.4 Å². The zero-order valence-electron chi connectivity index (χ0n) is 23.0. The first-order valence-electron chi connectivity index (χ1n) is 13.6. The van der Waals surface area contributed by atoms with Crippen LogP contribution in [-0.2, 0) is 9.53 Å². The maximum absolute atomic E-state index is 13.2. The topological polar surface area (TPSA) is 119 Å². The standard InChI is InChI=1S/C32H32N2O6S/c1-32(2)17-27(35)29(28(36)18-32)30(24-13-7-8-14-26(24)34(38)39)41-16-15-33-31(37)40-19-25-22-11-5-3-9-20(22)21-10-4-6-12-23(21)25/h3-14,25,30,35H,15-19H2,1-2H3,(H,33,37). The SMILES string of the molecule is CC1(C)CC(=O)C(C(SCCNC(=O)OCC2c3ccccc3-c3ccccc32)c2ccccc2[N+](=O)[O-])=C(O)C1. The van der Waals surface area contributed by atoms with Gasteiger partial charge in [0, 0.05) is 42.7 Å². The highest BCUT2D eigenvalue weighted by Crippen LogP contribution is 2.47. The summed E-state index contributed by atoms with van der Waals surface area (Å²) in [5, 5.41) is 24.7. The van der Waals surface area contributed by atoms with Gasteiger partial charge in [-0.25, -0.2) is 4.79 Å². The van der Waals surface area contributed by atoms with Crippen LogP contribution in [0.2, 0.25) is 0 Å². The normalized spacial score (nSPS) is 16.6.